The lowest BCUT2D eigenvalue weighted by Crippen LogP contribution is -2.66. The predicted molar refractivity (Wildman–Crippen MR) is 346 cm³/mol. The molecule has 89 heavy (non-hydrogen) atoms. The molecule has 17 unspecified atom stereocenters. The molecular formula is C70H119NO18. The number of aliphatic hydroxyl groups excluding tert-OH is 11. The zero-order chi connectivity index (χ0) is 64.7. The standard InChI is InChI=1S/C70H119NO18/c1-3-5-7-9-11-13-15-17-18-19-20-21-22-23-24-25-26-27-28-29-30-31-32-33-34-36-38-40-42-44-46-48-58(76)71-53(54(75)47-45-43-41-39-37-35-16-14-12-10-8-6-4-2)52-84-68-64(82)61(79)66(56(50-73)86-68)89-70-65(83)62(80)67(57(51-74)87-70)88-69-63(81)60(78)59(77)55(49-72)85-69/h5,7,11,13,17-18,20-21,23-24,26-27,29-30,32-33,53-57,59-70,72-75,77-83H,3-4,6,8-10,12,14-16,19,22,25,28,31,34-52H2,1-2H3,(H,71,76)/b7-5-,13-11-,18-17-,21-20-,24-23-,27-26-,30-29-,33-32-. The first-order valence-electron chi connectivity index (χ1n) is 34.0. The Balaban J connectivity index is 1.41. The molecule has 0 radical (unpaired) electrons. The number of carbonyl (C=O) groups is 1. The highest BCUT2D eigenvalue weighted by Crippen LogP contribution is 2.33. The third-order valence-electron chi connectivity index (χ3n) is 16.4. The fourth-order valence-electron chi connectivity index (χ4n) is 10.9. The molecule has 19 nitrogen and oxygen atoms in total. The molecule has 3 fully saturated rings. The molecule has 12 N–H and O–H groups in total. The SMILES string of the molecule is CC/C=C\C/C=C\C/C=C\C/C=C\C/C=C\C/C=C\C/C=C\C/C=C\CCCCCCCCC(=O)NC(COC1OC(CO)C(OC2OC(CO)C(OC3OC(CO)C(O)C(O)C3O)C(O)C2O)C(O)C1O)C(O)CCCCCCCCCCCCCCC. The summed E-state index contributed by atoms with van der Waals surface area (Å²) in [6, 6.07) is -0.902. The summed E-state index contributed by atoms with van der Waals surface area (Å²) in [5.41, 5.74) is 0. The second-order valence-electron chi connectivity index (χ2n) is 23.9. The number of hydrogen-bond donors (Lipinski definition) is 12. The number of nitrogens with one attached hydrogen (secondary N) is 1. The van der Waals surface area contributed by atoms with Gasteiger partial charge in [-0.05, 0) is 77.0 Å². The van der Waals surface area contributed by atoms with Crippen LogP contribution in [-0.2, 0) is 33.2 Å². The van der Waals surface area contributed by atoms with Gasteiger partial charge >= 0.3 is 0 Å². The summed E-state index contributed by atoms with van der Waals surface area (Å²) in [5, 5.41) is 120. The average Bonchev–Trinajstić information content (AvgIpc) is 1.92. The first kappa shape index (κ1) is 79.9. The molecule has 1 amide bonds. The molecule has 512 valence electrons. The van der Waals surface area contributed by atoms with Crippen LogP contribution in [0.2, 0.25) is 0 Å². The van der Waals surface area contributed by atoms with Crippen molar-refractivity contribution >= 4 is 5.91 Å². The Bertz CT molecular complexity index is 1990. The Morgan fingerprint density at radius 2 is 0.775 bits per heavy atom. The summed E-state index contributed by atoms with van der Waals surface area (Å²) in [7, 11) is 0. The molecule has 17 atom stereocenters. The fourth-order valence-corrected chi connectivity index (χ4v) is 10.9. The van der Waals surface area contributed by atoms with Gasteiger partial charge in [-0.1, -0.05) is 220 Å². The number of unbranched alkanes of at least 4 members (excludes halogenated alkanes) is 18. The minimum atomic E-state index is -1.98. The smallest absolute Gasteiger partial charge is 0.220 e. The molecule has 0 spiro atoms. The fraction of sp³-hybridized carbons (Fsp3) is 0.757. The van der Waals surface area contributed by atoms with Crippen LogP contribution in [0.5, 0.6) is 0 Å². The summed E-state index contributed by atoms with van der Waals surface area (Å²) in [6.45, 7) is 1.65. The van der Waals surface area contributed by atoms with Crippen molar-refractivity contribution < 1.29 is 89.4 Å². The Morgan fingerprint density at radius 3 is 1.21 bits per heavy atom. The number of allylic oxidation sites excluding steroid dienone is 16. The Morgan fingerprint density at radius 1 is 0.416 bits per heavy atom. The molecule has 3 heterocycles. The van der Waals surface area contributed by atoms with Gasteiger partial charge in [-0.2, -0.15) is 0 Å². The van der Waals surface area contributed by atoms with Gasteiger partial charge in [0.2, 0.25) is 5.91 Å². The molecule has 0 aliphatic carbocycles. The molecule has 3 rings (SSSR count). The van der Waals surface area contributed by atoms with Crippen LogP contribution in [0.25, 0.3) is 0 Å². The molecule has 0 aromatic carbocycles. The molecule has 0 aromatic heterocycles. The summed E-state index contributed by atoms with van der Waals surface area (Å²) in [6.07, 6.45) is 39.1. The van der Waals surface area contributed by atoms with Crippen molar-refractivity contribution in [2.75, 3.05) is 26.4 Å². The molecule has 3 aliphatic rings. The first-order valence-corrected chi connectivity index (χ1v) is 34.0. The number of carbonyl (C=O) groups excluding carboxylic acids is 1. The van der Waals surface area contributed by atoms with Crippen LogP contribution in [0.4, 0.5) is 0 Å². The number of hydrogen-bond acceptors (Lipinski definition) is 18. The van der Waals surface area contributed by atoms with Crippen molar-refractivity contribution in [3.8, 4) is 0 Å². The number of ether oxygens (including phenoxy) is 6. The van der Waals surface area contributed by atoms with Crippen LogP contribution in [0.3, 0.4) is 0 Å². The minimum absolute atomic E-state index is 0.243. The van der Waals surface area contributed by atoms with Crippen LogP contribution in [-0.4, -0.2) is 193 Å². The zero-order valence-corrected chi connectivity index (χ0v) is 53.9. The van der Waals surface area contributed by atoms with E-state index in [0.717, 1.165) is 116 Å². The maximum absolute atomic E-state index is 13.4. The van der Waals surface area contributed by atoms with Crippen LogP contribution >= 0.6 is 0 Å². The largest absolute Gasteiger partial charge is 0.394 e. The predicted octanol–water partition coefficient (Wildman–Crippen LogP) is 8.49. The van der Waals surface area contributed by atoms with Crippen LogP contribution in [0.15, 0.2) is 97.2 Å². The van der Waals surface area contributed by atoms with Gasteiger partial charge in [0.05, 0.1) is 38.6 Å². The number of amides is 1. The van der Waals surface area contributed by atoms with E-state index in [4.69, 9.17) is 28.4 Å². The van der Waals surface area contributed by atoms with E-state index in [1.54, 1.807) is 0 Å². The zero-order valence-electron chi connectivity index (χ0n) is 53.9. The van der Waals surface area contributed by atoms with Crippen molar-refractivity contribution in [1.82, 2.24) is 5.32 Å². The summed E-state index contributed by atoms with van der Waals surface area (Å²) in [4.78, 5) is 13.4. The van der Waals surface area contributed by atoms with Gasteiger partial charge in [0.1, 0.15) is 73.2 Å². The van der Waals surface area contributed by atoms with Gasteiger partial charge in [0.25, 0.3) is 0 Å². The van der Waals surface area contributed by atoms with Gasteiger partial charge in [-0.15, -0.1) is 0 Å². The lowest BCUT2D eigenvalue weighted by molar-refractivity contribution is -0.379. The summed E-state index contributed by atoms with van der Waals surface area (Å²) < 4.78 is 34.3. The maximum atomic E-state index is 13.4. The van der Waals surface area contributed by atoms with E-state index in [0.29, 0.717) is 12.8 Å². The highest BCUT2D eigenvalue weighted by atomic mass is 16.8. The molecule has 3 saturated heterocycles. The van der Waals surface area contributed by atoms with Crippen molar-refractivity contribution in [1.29, 1.82) is 0 Å². The van der Waals surface area contributed by atoms with Crippen LogP contribution < -0.4 is 5.32 Å². The second kappa shape index (κ2) is 51.2. The Labute approximate surface area is 533 Å². The quantitative estimate of drug-likeness (QED) is 0.0201. The minimum Gasteiger partial charge on any atom is -0.394 e. The van der Waals surface area contributed by atoms with Crippen molar-refractivity contribution in [3.63, 3.8) is 0 Å². The molecule has 0 saturated carbocycles. The van der Waals surface area contributed by atoms with Gasteiger partial charge in [-0.3, -0.25) is 4.79 Å². The van der Waals surface area contributed by atoms with Crippen molar-refractivity contribution in [3.05, 3.63) is 97.2 Å². The molecular weight excluding hydrogens is 1140 g/mol. The van der Waals surface area contributed by atoms with Gasteiger partial charge < -0.3 is 89.9 Å². The third kappa shape index (κ3) is 33.4. The Kier molecular flexibility index (Phi) is 46.0. The van der Waals surface area contributed by atoms with E-state index in [1.165, 1.54) is 57.8 Å². The van der Waals surface area contributed by atoms with E-state index in [2.05, 4.69) is 116 Å². The molecule has 3 aliphatic heterocycles. The van der Waals surface area contributed by atoms with Crippen LogP contribution in [0.1, 0.15) is 206 Å². The lowest BCUT2D eigenvalue weighted by atomic mass is 9.96. The number of rotatable bonds is 50. The molecule has 0 bridgehead atoms. The maximum Gasteiger partial charge on any atom is 0.220 e. The lowest BCUT2D eigenvalue weighted by Gasteiger charge is -2.48. The van der Waals surface area contributed by atoms with Crippen molar-refractivity contribution in [2.45, 2.75) is 311 Å². The van der Waals surface area contributed by atoms with Gasteiger partial charge in [-0.25, -0.2) is 0 Å². The summed E-state index contributed by atoms with van der Waals surface area (Å²) >= 11 is 0. The van der Waals surface area contributed by atoms with Crippen molar-refractivity contribution in [2.24, 2.45) is 0 Å². The van der Waals surface area contributed by atoms with E-state index in [1.807, 2.05) is 0 Å². The van der Waals surface area contributed by atoms with E-state index in [9.17, 15) is 61.0 Å². The van der Waals surface area contributed by atoms with E-state index in [-0.39, 0.29) is 18.9 Å². The average molecular weight is 1260 g/mol. The Hall–Kier alpha value is -3.29. The highest BCUT2D eigenvalue weighted by Gasteiger charge is 2.53. The molecule has 0 aromatic rings. The van der Waals surface area contributed by atoms with Gasteiger partial charge in [0.15, 0.2) is 18.9 Å². The normalized spacial score (nSPS) is 28.8. The van der Waals surface area contributed by atoms with E-state index >= 15 is 0 Å². The topological polar surface area (TPSA) is 307 Å². The summed E-state index contributed by atoms with van der Waals surface area (Å²) in [5.74, 6) is -0.262. The second-order valence-corrected chi connectivity index (χ2v) is 23.9. The van der Waals surface area contributed by atoms with E-state index < -0.39 is 124 Å². The van der Waals surface area contributed by atoms with Gasteiger partial charge in [0, 0.05) is 6.42 Å². The van der Waals surface area contributed by atoms with Crippen LogP contribution in [0, 0.1) is 0 Å². The third-order valence-corrected chi connectivity index (χ3v) is 16.4. The monoisotopic (exact) mass is 1260 g/mol. The number of aliphatic hydroxyl groups is 11. The first-order chi connectivity index (χ1) is 43.3. The highest BCUT2D eigenvalue weighted by molar-refractivity contribution is 5.76. The molecule has 19 heteroatoms.